The minimum Gasteiger partial charge on any atom is -0.462 e. The first-order valence-electron chi connectivity index (χ1n) is 7.05. The Morgan fingerprint density at radius 3 is 2.65 bits per heavy atom. The maximum atomic E-state index is 11.8. The van der Waals surface area contributed by atoms with Gasteiger partial charge in [0, 0.05) is 26.2 Å². The van der Waals surface area contributed by atoms with Gasteiger partial charge < -0.3 is 20.3 Å². The number of carbonyl (C=O) groups is 1. The predicted molar refractivity (Wildman–Crippen MR) is 78.9 cm³/mol. The van der Waals surface area contributed by atoms with Crippen LogP contribution < -0.4 is 10.6 Å². The summed E-state index contributed by atoms with van der Waals surface area (Å²) >= 11 is 0. The van der Waals surface area contributed by atoms with Gasteiger partial charge in [-0.3, -0.25) is 0 Å². The fourth-order valence-electron chi connectivity index (χ4n) is 2.31. The second-order valence-electron chi connectivity index (χ2n) is 4.77. The lowest BCUT2D eigenvalue weighted by Gasteiger charge is -2.34. The van der Waals surface area contributed by atoms with E-state index in [4.69, 9.17) is 10.5 Å². The predicted octanol–water partition coefficient (Wildman–Crippen LogP) is 0.982. The van der Waals surface area contributed by atoms with Crippen molar-refractivity contribution in [2.75, 3.05) is 50.0 Å². The molecule has 1 aromatic heterocycles. The average Bonchev–Trinajstić information content (AvgIpc) is 2.48. The van der Waals surface area contributed by atoms with Crippen molar-refractivity contribution in [2.24, 2.45) is 0 Å². The zero-order valence-electron chi connectivity index (χ0n) is 12.1. The zero-order valence-corrected chi connectivity index (χ0v) is 12.1. The Bertz CT molecular complexity index is 470. The lowest BCUT2D eigenvalue weighted by Crippen LogP contribution is -2.46. The van der Waals surface area contributed by atoms with Gasteiger partial charge in [-0.05, 0) is 19.5 Å². The highest BCUT2D eigenvalue weighted by Gasteiger charge is 2.19. The number of anilines is 2. The summed E-state index contributed by atoms with van der Waals surface area (Å²) in [6.07, 6.45) is 1.54. The van der Waals surface area contributed by atoms with Gasteiger partial charge in [0.1, 0.15) is 5.82 Å². The molecule has 0 bridgehead atoms. The van der Waals surface area contributed by atoms with Crippen LogP contribution in [-0.4, -0.2) is 55.2 Å². The van der Waals surface area contributed by atoms with E-state index < -0.39 is 0 Å². The van der Waals surface area contributed by atoms with Crippen LogP contribution in [0, 0.1) is 0 Å². The minimum absolute atomic E-state index is 0.338. The first-order chi connectivity index (χ1) is 9.65. The molecule has 1 saturated heterocycles. The van der Waals surface area contributed by atoms with Gasteiger partial charge in [-0.1, -0.05) is 6.92 Å². The van der Waals surface area contributed by atoms with Crippen LogP contribution in [0.25, 0.3) is 0 Å². The van der Waals surface area contributed by atoms with Crippen molar-refractivity contribution in [3.63, 3.8) is 0 Å². The van der Waals surface area contributed by atoms with Crippen molar-refractivity contribution in [2.45, 2.75) is 13.8 Å². The summed E-state index contributed by atoms with van der Waals surface area (Å²) in [5.74, 6) is 0.402. The Hall–Kier alpha value is -1.82. The van der Waals surface area contributed by atoms with Crippen LogP contribution in [0.15, 0.2) is 12.3 Å². The van der Waals surface area contributed by atoms with E-state index in [1.807, 2.05) is 0 Å². The van der Waals surface area contributed by atoms with Gasteiger partial charge in [0.2, 0.25) is 0 Å². The van der Waals surface area contributed by atoms with E-state index in [1.54, 1.807) is 13.0 Å². The van der Waals surface area contributed by atoms with Crippen LogP contribution in [0.3, 0.4) is 0 Å². The summed E-state index contributed by atoms with van der Waals surface area (Å²) in [5, 5.41) is 0. The van der Waals surface area contributed by atoms with Crippen LogP contribution >= 0.6 is 0 Å². The zero-order chi connectivity index (χ0) is 14.5. The van der Waals surface area contributed by atoms with Crippen molar-refractivity contribution >= 4 is 17.5 Å². The number of aromatic nitrogens is 1. The Kier molecular flexibility index (Phi) is 4.79. The van der Waals surface area contributed by atoms with Crippen molar-refractivity contribution in [3.8, 4) is 0 Å². The van der Waals surface area contributed by atoms with Gasteiger partial charge in [-0.15, -0.1) is 0 Å². The topological polar surface area (TPSA) is 71.7 Å². The Balaban J connectivity index is 2.13. The molecule has 1 aliphatic heterocycles. The third-order valence-corrected chi connectivity index (χ3v) is 3.56. The van der Waals surface area contributed by atoms with E-state index in [0.29, 0.717) is 17.9 Å². The molecular weight excluding hydrogens is 256 g/mol. The molecule has 0 spiro atoms. The molecule has 0 saturated carbocycles. The van der Waals surface area contributed by atoms with Gasteiger partial charge in [-0.2, -0.15) is 0 Å². The van der Waals surface area contributed by atoms with Crippen LogP contribution in [0.5, 0.6) is 0 Å². The molecule has 1 aromatic rings. The minimum atomic E-state index is -0.388. The summed E-state index contributed by atoms with van der Waals surface area (Å²) in [4.78, 5) is 20.7. The van der Waals surface area contributed by atoms with E-state index in [9.17, 15) is 4.79 Å². The maximum Gasteiger partial charge on any atom is 0.340 e. The number of rotatable bonds is 4. The fourth-order valence-corrected chi connectivity index (χ4v) is 2.31. The van der Waals surface area contributed by atoms with E-state index >= 15 is 0 Å². The molecule has 6 nitrogen and oxygen atoms in total. The largest absolute Gasteiger partial charge is 0.462 e. The molecule has 2 N–H and O–H groups in total. The van der Waals surface area contributed by atoms with Crippen molar-refractivity contribution < 1.29 is 9.53 Å². The first-order valence-corrected chi connectivity index (χ1v) is 7.05. The number of nitrogen functional groups attached to an aromatic ring is 1. The third kappa shape index (κ3) is 3.19. The number of likely N-dealkylation sites (N-methyl/N-ethyl adjacent to an activating group) is 1. The molecule has 20 heavy (non-hydrogen) atoms. The first kappa shape index (κ1) is 14.6. The molecule has 0 atom stereocenters. The van der Waals surface area contributed by atoms with Gasteiger partial charge in [0.05, 0.1) is 24.1 Å². The summed E-state index contributed by atoms with van der Waals surface area (Å²) in [6.45, 7) is 9.19. The summed E-state index contributed by atoms with van der Waals surface area (Å²) in [6, 6.07) is 1.73. The lowest BCUT2D eigenvalue weighted by atomic mass is 10.2. The van der Waals surface area contributed by atoms with Crippen molar-refractivity contribution in [1.82, 2.24) is 9.88 Å². The molecule has 1 fully saturated rings. The van der Waals surface area contributed by atoms with Gasteiger partial charge >= 0.3 is 5.97 Å². The maximum absolute atomic E-state index is 11.8. The normalized spacial score (nSPS) is 16.2. The third-order valence-electron chi connectivity index (χ3n) is 3.56. The Morgan fingerprint density at radius 2 is 2.05 bits per heavy atom. The molecule has 0 aromatic carbocycles. The Labute approximate surface area is 119 Å². The molecule has 0 radical (unpaired) electrons. The van der Waals surface area contributed by atoms with E-state index in [0.717, 1.165) is 38.5 Å². The number of piperazine rings is 1. The Morgan fingerprint density at radius 1 is 1.35 bits per heavy atom. The molecule has 0 aliphatic carbocycles. The van der Waals surface area contributed by atoms with Gasteiger partial charge in [0.25, 0.3) is 0 Å². The number of esters is 1. The van der Waals surface area contributed by atoms with E-state index in [-0.39, 0.29) is 5.97 Å². The molecule has 6 heteroatoms. The molecule has 0 amide bonds. The summed E-state index contributed by atoms with van der Waals surface area (Å²) in [5.41, 5.74) is 6.56. The van der Waals surface area contributed by atoms with Crippen LogP contribution in [0.4, 0.5) is 11.5 Å². The smallest absolute Gasteiger partial charge is 0.340 e. The molecule has 2 heterocycles. The number of hydrogen-bond donors (Lipinski definition) is 1. The summed E-state index contributed by atoms with van der Waals surface area (Å²) < 4.78 is 5.01. The van der Waals surface area contributed by atoms with Crippen molar-refractivity contribution in [3.05, 3.63) is 17.8 Å². The van der Waals surface area contributed by atoms with E-state index in [1.165, 1.54) is 6.20 Å². The molecule has 110 valence electrons. The fraction of sp³-hybridized carbons (Fsp3) is 0.571. The highest BCUT2D eigenvalue weighted by molar-refractivity contribution is 5.95. The van der Waals surface area contributed by atoms with Gasteiger partial charge in [-0.25, -0.2) is 9.78 Å². The number of ether oxygens (including phenoxy) is 1. The quantitative estimate of drug-likeness (QED) is 0.828. The lowest BCUT2D eigenvalue weighted by molar-refractivity contribution is 0.0527. The number of hydrogen-bond acceptors (Lipinski definition) is 6. The molecule has 0 unspecified atom stereocenters. The number of nitrogens with zero attached hydrogens (tertiary/aromatic N) is 3. The molecule has 1 aliphatic rings. The van der Waals surface area contributed by atoms with Gasteiger partial charge in [0.15, 0.2) is 0 Å². The highest BCUT2D eigenvalue weighted by atomic mass is 16.5. The number of carbonyl (C=O) groups excluding carboxylic acids is 1. The van der Waals surface area contributed by atoms with E-state index in [2.05, 4.69) is 21.7 Å². The average molecular weight is 278 g/mol. The second kappa shape index (κ2) is 6.56. The second-order valence-corrected chi connectivity index (χ2v) is 4.77. The van der Waals surface area contributed by atoms with Crippen LogP contribution in [-0.2, 0) is 4.74 Å². The monoisotopic (exact) mass is 278 g/mol. The van der Waals surface area contributed by atoms with Crippen LogP contribution in [0.1, 0.15) is 24.2 Å². The number of nitrogens with two attached hydrogens (primary N) is 1. The highest BCUT2D eigenvalue weighted by Crippen LogP contribution is 2.20. The summed E-state index contributed by atoms with van der Waals surface area (Å²) in [7, 11) is 0. The molecular formula is C14H22N4O2. The molecule has 2 rings (SSSR count). The SMILES string of the molecule is CCOC(=O)c1cc(N2CCN(CC)CC2)ncc1N. The van der Waals surface area contributed by atoms with Crippen LogP contribution in [0.2, 0.25) is 0 Å². The van der Waals surface area contributed by atoms with Crippen molar-refractivity contribution in [1.29, 1.82) is 0 Å². The standard InChI is InChI=1S/C14H22N4O2/c1-3-17-5-7-18(8-6-17)13-9-11(12(15)10-16-13)14(19)20-4-2/h9-10H,3-8,15H2,1-2H3. The number of pyridine rings is 1.